The van der Waals surface area contributed by atoms with Gasteiger partial charge in [0.1, 0.15) is 0 Å². The van der Waals surface area contributed by atoms with Gasteiger partial charge in [-0.3, -0.25) is 4.98 Å². The van der Waals surface area contributed by atoms with E-state index in [-0.39, 0.29) is 6.04 Å². The van der Waals surface area contributed by atoms with Gasteiger partial charge in [0.15, 0.2) is 0 Å². The summed E-state index contributed by atoms with van der Waals surface area (Å²) in [5, 5.41) is 3.14. The van der Waals surface area contributed by atoms with E-state index in [2.05, 4.69) is 26.8 Å². The third kappa shape index (κ3) is 2.12. The SMILES string of the molecule is CNCc1cncn1C(C)c1ccccn1. The molecule has 0 saturated heterocycles. The van der Waals surface area contributed by atoms with E-state index < -0.39 is 0 Å². The summed E-state index contributed by atoms with van der Waals surface area (Å²) in [6.07, 6.45) is 5.56. The van der Waals surface area contributed by atoms with E-state index in [1.807, 2.05) is 44.0 Å². The Kier molecular flexibility index (Phi) is 3.31. The van der Waals surface area contributed by atoms with Crippen LogP contribution in [0.15, 0.2) is 36.9 Å². The number of hydrogen-bond donors (Lipinski definition) is 1. The molecular weight excluding hydrogens is 200 g/mol. The summed E-state index contributed by atoms with van der Waals surface area (Å²) in [4.78, 5) is 8.55. The number of pyridine rings is 1. The molecule has 0 fully saturated rings. The fourth-order valence-corrected chi connectivity index (χ4v) is 1.76. The number of aromatic nitrogens is 3. The third-order valence-electron chi connectivity index (χ3n) is 2.64. The Bertz CT molecular complexity index is 435. The van der Waals surface area contributed by atoms with E-state index in [9.17, 15) is 0 Å². The second-order valence-corrected chi connectivity index (χ2v) is 3.75. The van der Waals surface area contributed by atoms with Crippen LogP contribution in [-0.4, -0.2) is 21.6 Å². The van der Waals surface area contributed by atoms with Crippen LogP contribution in [0.3, 0.4) is 0 Å². The Balaban J connectivity index is 2.27. The van der Waals surface area contributed by atoms with Crippen molar-refractivity contribution in [1.29, 1.82) is 0 Å². The number of hydrogen-bond acceptors (Lipinski definition) is 3. The number of nitrogens with one attached hydrogen (secondary N) is 1. The van der Waals surface area contributed by atoms with E-state index in [0.717, 1.165) is 12.2 Å². The van der Waals surface area contributed by atoms with E-state index in [1.54, 1.807) is 0 Å². The summed E-state index contributed by atoms with van der Waals surface area (Å²) in [7, 11) is 1.93. The lowest BCUT2D eigenvalue weighted by Gasteiger charge is -2.15. The molecular formula is C12H16N4. The molecule has 2 heterocycles. The van der Waals surface area contributed by atoms with Crippen LogP contribution in [0.2, 0.25) is 0 Å². The van der Waals surface area contributed by atoms with Crippen LogP contribution in [0.1, 0.15) is 24.4 Å². The lowest BCUT2D eigenvalue weighted by atomic mass is 10.2. The maximum atomic E-state index is 4.37. The van der Waals surface area contributed by atoms with Gasteiger partial charge >= 0.3 is 0 Å². The van der Waals surface area contributed by atoms with Gasteiger partial charge in [-0.05, 0) is 26.1 Å². The molecule has 1 unspecified atom stereocenters. The Labute approximate surface area is 95.4 Å². The van der Waals surface area contributed by atoms with Gasteiger partial charge in [-0.1, -0.05) is 6.07 Å². The van der Waals surface area contributed by atoms with Crippen LogP contribution in [0.25, 0.3) is 0 Å². The van der Waals surface area contributed by atoms with Crippen molar-refractivity contribution in [1.82, 2.24) is 19.9 Å². The third-order valence-corrected chi connectivity index (χ3v) is 2.64. The van der Waals surface area contributed by atoms with Gasteiger partial charge in [-0.15, -0.1) is 0 Å². The smallest absolute Gasteiger partial charge is 0.0954 e. The zero-order valence-electron chi connectivity index (χ0n) is 9.59. The fourth-order valence-electron chi connectivity index (χ4n) is 1.76. The first-order chi connectivity index (χ1) is 7.83. The first-order valence-electron chi connectivity index (χ1n) is 5.39. The zero-order chi connectivity index (χ0) is 11.4. The van der Waals surface area contributed by atoms with Crippen molar-refractivity contribution < 1.29 is 0 Å². The zero-order valence-corrected chi connectivity index (χ0v) is 9.59. The molecule has 0 amide bonds. The van der Waals surface area contributed by atoms with Crippen LogP contribution >= 0.6 is 0 Å². The Hall–Kier alpha value is -1.68. The highest BCUT2D eigenvalue weighted by Crippen LogP contribution is 2.16. The van der Waals surface area contributed by atoms with Crippen molar-refractivity contribution in [3.05, 3.63) is 48.3 Å². The standard InChI is InChI=1S/C12H16N4/c1-10(12-5-3-4-6-15-12)16-9-14-8-11(16)7-13-2/h3-6,8-10,13H,7H2,1-2H3. The predicted octanol–water partition coefficient (Wildman–Crippen LogP) is 1.61. The lowest BCUT2D eigenvalue weighted by molar-refractivity contribution is 0.580. The van der Waals surface area contributed by atoms with E-state index in [1.165, 1.54) is 5.69 Å². The van der Waals surface area contributed by atoms with E-state index in [4.69, 9.17) is 0 Å². The number of rotatable bonds is 4. The van der Waals surface area contributed by atoms with E-state index >= 15 is 0 Å². The van der Waals surface area contributed by atoms with Gasteiger partial charge in [-0.2, -0.15) is 0 Å². The molecule has 4 nitrogen and oxygen atoms in total. The summed E-state index contributed by atoms with van der Waals surface area (Å²) in [5.74, 6) is 0. The molecule has 4 heteroatoms. The topological polar surface area (TPSA) is 42.7 Å². The average molecular weight is 216 g/mol. The van der Waals surface area contributed by atoms with Crippen molar-refractivity contribution in [3.8, 4) is 0 Å². The molecule has 16 heavy (non-hydrogen) atoms. The summed E-state index contributed by atoms with van der Waals surface area (Å²) in [6, 6.07) is 6.19. The highest BCUT2D eigenvalue weighted by molar-refractivity contribution is 5.12. The van der Waals surface area contributed by atoms with Crippen LogP contribution in [0.5, 0.6) is 0 Å². The fraction of sp³-hybridized carbons (Fsp3) is 0.333. The maximum absolute atomic E-state index is 4.37. The molecule has 84 valence electrons. The number of nitrogens with zero attached hydrogens (tertiary/aromatic N) is 3. The second-order valence-electron chi connectivity index (χ2n) is 3.75. The highest BCUT2D eigenvalue weighted by Gasteiger charge is 2.11. The molecule has 0 saturated carbocycles. The van der Waals surface area contributed by atoms with Gasteiger partial charge in [-0.25, -0.2) is 4.98 Å². The number of imidazole rings is 1. The van der Waals surface area contributed by atoms with Crippen LogP contribution in [0.4, 0.5) is 0 Å². The first-order valence-corrected chi connectivity index (χ1v) is 5.39. The summed E-state index contributed by atoms with van der Waals surface area (Å²) in [5.41, 5.74) is 2.22. The molecule has 0 aliphatic rings. The minimum atomic E-state index is 0.215. The molecule has 2 rings (SSSR count). The first kappa shape index (κ1) is 10.8. The maximum Gasteiger partial charge on any atom is 0.0954 e. The van der Waals surface area contributed by atoms with Gasteiger partial charge in [0.2, 0.25) is 0 Å². The molecule has 0 spiro atoms. The molecule has 2 aromatic heterocycles. The van der Waals surface area contributed by atoms with Crippen molar-refractivity contribution in [2.24, 2.45) is 0 Å². The molecule has 0 aliphatic heterocycles. The second kappa shape index (κ2) is 4.90. The Morgan fingerprint density at radius 2 is 2.31 bits per heavy atom. The van der Waals surface area contributed by atoms with Crippen molar-refractivity contribution in [3.63, 3.8) is 0 Å². The molecule has 0 aliphatic carbocycles. The average Bonchev–Trinajstić information content (AvgIpc) is 2.78. The van der Waals surface area contributed by atoms with Gasteiger partial charge in [0.25, 0.3) is 0 Å². The summed E-state index contributed by atoms with van der Waals surface area (Å²) >= 11 is 0. The van der Waals surface area contributed by atoms with Crippen LogP contribution in [0, 0.1) is 0 Å². The van der Waals surface area contributed by atoms with Gasteiger partial charge < -0.3 is 9.88 Å². The molecule has 0 bridgehead atoms. The Morgan fingerprint density at radius 3 is 3.00 bits per heavy atom. The summed E-state index contributed by atoms with van der Waals surface area (Å²) in [6.45, 7) is 2.94. The molecule has 1 N–H and O–H groups in total. The Morgan fingerprint density at radius 1 is 1.44 bits per heavy atom. The van der Waals surface area contributed by atoms with Crippen LogP contribution in [-0.2, 0) is 6.54 Å². The monoisotopic (exact) mass is 216 g/mol. The predicted molar refractivity (Wildman–Crippen MR) is 63.0 cm³/mol. The largest absolute Gasteiger partial charge is 0.325 e. The molecule has 0 radical (unpaired) electrons. The minimum Gasteiger partial charge on any atom is -0.325 e. The molecule has 0 aromatic carbocycles. The van der Waals surface area contributed by atoms with E-state index in [0.29, 0.717) is 0 Å². The quantitative estimate of drug-likeness (QED) is 0.844. The minimum absolute atomic E-state index is 0.215. The summed E-state index contributed by atoms with van der Waals surface area (Å²) < 4.78 is 2.14. The molecule has 1 atom stereocenters. The van der Waals surface area contributed by atoms with Gasteiger partial charge in [0.05, 0.1) is 23.8 Å². The van der Waals surface area contributed by atoms with Gasteiger partial charge in [0, 0.05) is 18.9 Å². The highest BCUT2D eigenvalue weighted by atomic mass is 15.1. The van der Waals surface area contributed by atoms with Crippen molar-refractivity contribution in [2.75, 3.05) is 7.05 Å². The molecule has 2 aromatic rings. The lowest BCUT2D eigenvalue weighted by Crippen LogP contribution is -2.15. The van der Waals surface area contributed by atoms with Crippen LogP contribution < -0.4 is 5.32 Å². The van der Waals surface area contributed by atoms with Crippen molar-refractivity contribution in [2.45, 2.75) is 19.5 Å². The van der Waals surface area contributed by atoms with Crippen molar-refractivity contribution >= 4 is 0 Å². The normalized spacial score (nSPS) is 12.6.